The number of hydrogen-bond donors (Lipinski definition) is 5. The fourth-order valence-electron chi connectivity index (χ4n) is 8.72. The monoisotopic (exact) mass is 784 g/mol. The Labute approximate surface area is 337 Å². The van der Waals surface area contributed by atoms with Gasteiger partial charge in [-0.3, -0.25) is 9.69 Å². The molecule has 3 amide bonds. The zero-order chi connectivity index (χ0) is 40.7. The second kappa shape index (κ2) is 16.1. The van der Waals surface area contributed by atoms with Gasteiger partial charge in [0.05, 0.1) is 41.3 Å². The van der Waals surface area contributed by atoms with Crippen LogP contribution >= 0.6 is 0 Å². The maximum atomic E-state index is 13.5. The molecule has 4 atom stereocenters. The first kappa shape index (κ1) is 38.9. The van der Waals surface area contributed by atoms with Gasteiger partial charge in [0.2, 0.25) is 5.91 Å². The number of fused-ring (bicyclic) bond motifs is 3. The number of carboxylic acid groups (broad SMARTS) is 1. The number of aromatic nitrogens is 4. The van der Waals surface area contributed by atoms with Crippen LogP contribution in [-0.2, 0) is 9.53 Å². The van der Waals surface area contributed by atoms with Crippen LogP contribution in [0.25, 0.3) is 55.1 Å². The van der Waals surface area contributed by atoms with Crippen molar-refractivity contribution in [3.8, 4) is 22.3 Å². The van der Waals surface area contributed by atoms with Crippen molar-refractivity contribution in [2.45, 2.75) is 77.5 Å². The lowest BCUT2D eigenvalue weighted by Gasteiger charge is -2.30. The van der Waals surface area contributed by atoms with Crippen molar-refractivity contribution in [3.63, 3.8) is 0 Å². The number of likely N-dealkylation sites (tertiary alicyclic amines) is 2. The molecule has 2 aliphatic heterocycles. The van der Waals surface area contributed by atoms with Crippen molar-refractivity contribution >= 4 is 50.9 Å². The van der Waals surface area contributed by atoms with Gasteiger partial charge in [0.1, 0.15) is 17.7 Å². The summed E-state index contributed by atoms with van der Waals surface area (Å²) in [6.07, 6.45) is 2.07. The van der Waals surface area contributed by atoms with Crippen LogP contribution in [0.2, 0.25) is 0 Å². The highest BCUT2D eigenvalue weighted by molar-refractivity contribution is 5.93. The fourth-order valence-corrected chi connectivity index (χ4v) is 8.72. The summed E-state index contributed by atoms with van der Waals surface area (Å²) in [5.74, 6) is 1.54. The SMILES string of the molecule is COC(=O)NC(CN1CCCC1c1nc2ccc(-c3ccc4cc(-c5ccc6nc(C7CCCN7C(=O)C(NC(=O)O)C(C)C)[nH]c6c5)ccc4c3)cc2[nH]1)C(C)C. The van der Waals surface area contributed by atoms with Crippen molar-refractivity contribution in [1.82, 2.24) is 40.4 Å². The van der Waals surface area contributed by atoms with E-state index in [1.54, 1.807) is 4.90 Å². The fraction of sp³-hybridized carbons (Fsp3) is 0.400. The van der Waals surface area contributed by atoms with Gasteiger partial charge in [0, 0.05) is 19.1 Å². The molecule has 8 rings (SSSR count). The highest BCUT2D eigenvalue weighted by atomic mass is 16.5. The number of aromatic amines is 2. The Morgan fingerprint density at radius 3 is 1.83 bits per heavy atom. The second-order valence-electron chi connectivity index (χ2n) is 16.5. The average molecular weight is 785 g/mol. The van der Waals surface area contributed by atoms with E-state index in [1.165, 1.54) is 7.11 Å². The molecule has 13 nitrogen and oxygen atoms in total. The van der Waals surface area contributed by atoms with Crippen LogP contribution < -0.4 is 10.6 Å². The Hall–Kier alpha value is -5.95. The van der Waals surface area contributed by atoms with E-state index in [-0.39, 0.29) is 35.9 Å². The van der Waals surface area contributed by atoms with Crippen LogP contribution in [0.1, 0.15) is 77.1 Å². The minimum absolute atomic E-state index is 0.0231. The summed E-state index contributed by atoms with van der Waals surface area (Å²) in [5, 5.41) is 17.0. The molecule has 0 saturated carbocycles. The third-order valence-corrected chi connectivity index (χ3v) is 12.0. The molecule has 0 bridgehead atoms. The zero-order valence-electron chi connectivity index (χ0n) is 33.7. The molecule has 58 heavy (non-hydrogen) atoms. The van der Waals surface area contributed by atoms with Gasteiger partial charge in [-0.15, -0.1) is 0 Å². The molecule has 6 aromatic rings. The van der Waals surface area contributed by atoms with Gasteiger partial charge in [-0.1, -0.05) is 64.1 Å². The van der Waals surface area contributed by atoms with Gasteiger partial charge in [-0.05, 0) is 113 Å². The molecular weight excluding hydrogens is 733 g/mol. The molecule has 0 aliphatic carbocycles. The number of amides is 3. The number of carbonyl (C=O) groups excluding carboxylic acids is 2. The average Bonchev–Trinajstić information content (AvgIpc) is 4.04. The third kappa shape index (κ3) is 7.83. The number of alkyl carbamates (subject to hydrolysis) is 1. The van der Waals surface area contributed by atoms with Crippen LogP contribution in [0.4, 0.5) is 9.59 Å². The first-order chi connectivity index (χ1) is 27.9. The molecule has 4 heterocycles. The molecule has 2 aromatic heterocycles. The minimum atomic E-state index is -1.20. The largest absolute Gasteiger partial charge is 0.465 e. The molecule has 4 aromatic carbocycles. The van der Waals surface area contributed by atoms with Crippen LogP contribution in [0.5, 0.6) is 0 Å². The lowest BCUT2D eigenvalue weighted by molar-refractivity contribution is -0.135. The number of methoxy groups -OCH3 is 1. The third-order valence-electron chi connectivity index (χ3n) is 12.0. The number of hydrogen-bond acceptors (Lipinski definition) is 7. The minimum Gasteiger partial charge on any atom is -0.465 e. The van der Waals surface area contributed by atoms with Crippen LogP contribution in [0.15, 0.2) is 72.8 Å². The molecule has 13 heteroatoms. The van der Waals surface area contributed by atoms with E-state index in [1.807, 2.05) is 19.9 Å². The molecule has 0 spiro atoms. The number of imidazole rings is 2. The second-order valence-corrected chi connectivity index (χ2v) is 16.5. The lowest BCUT2D eigenvalue weighted by atomic mass is 9.97. The first-order valence-electron chi connectivity index (χ1n) is 20.4. The highest BCUT2D eigenvalue weighted by Gasteiger charge is 2.37. The Bertz CT molecular complexity index is 2490. The maximum Gasteiger partial charge on any atom is 0.407 e. The van der Waals surface area contributed by atoms with Gasteiger partial charge in [0.15, 0.2) is 0 Å². The quantitative estimate of drug-likeness (QED) is 0.0873. The van der Waals surface area contributed by atoms with Crippen molar-refractivity contribution in [3.05, 3.63) is 84.4 Å². The summed E-state index contributed by atoms with van der Waals surface area (Å²) >= 11 is 0. The molecule has 2 aliphatic rings. The predicted octanol–water partition coefficient (Wildman–Crippen LogP) is 8.40. The molecule has 5 N–H and O–H groups in total. The molecule has 302 valence electrons. The van der Waals surface area contributed by atoms with Gasteiger partial charge < -0.3 is 35.3 Å². The van der Waals surface area contributed by atoms with Crippen LogP contribution in [0, 0.1) is 11.8 Å². The van der Waals surface area contributed by atoms with E-state index in [4.69, 9.17) is 14.7 Å². The summed E-state index contributed by atoms with van der Waals surface area (Å²) in [7, 11) is 1.40. The Morgan fingerprint density at radius 1 is 0.741 bits per heavy atom. The topological polar surface area (TPSA) is 169 Å². The van der Waals surface area contributed by atoms with Gasteiger partial charge in [-0.2, -0.15) is 0 Å². The van der Waals surface area contributed by atoms with Crippen molar-refractivity contribution in [1.29, 1.82) is 0 Å². The number of benzene rings is 4. The zero-order valence-corrected chi connectivity index (χ0v) is 33.7. The van der Waals surface area contributed by atoms with E-state index in [0.717, 1.165) is 106 Å². The predicted molar refractivity (Wildman–Crippen MR) is 225 cm³/mol. The maximum absolute atomic E-state index is 13.5. The van der Waals surface area contributed by atoms with Crippen molar-refractivity contribution in [2.24, 2.45) is 11.8 Å². The summed E-state index contributed by atoms with van der Waals surface area (Å²) < 4.78 is 4.88. The van der Waals surface area contributed by atoms with Gasteiger partial charge in [-0.25, -0.2) is 19.6 Å². The number of ether oxygens (including phenoxy) is 1. The summed E-state index contributed by atoms with van der Waals surface area (Å²) in [5.41, 5.74) is 8.03. The number of nitrogens with zero attached hydrogens (tertiary/aromatic N) is 4. The molecule has 4 unspecified atom stereocenters. The summed E-state index contributed by atoms with van der Waals surface area (Å²) in [6, 6.07) is 24.7. The smallest absolute Gasteiger partial charge is 0.407 e. The first-order valence-corrected chi connectivity index (χ1v) is 20.4. The number of nitrogens with one attached hydrogen (secondary N) is 4. The van der Waals surface area contributed by atoms with Crippen molar-refractivity contribution < 1.29 is 24.2 Å². The van der Waals surface area contributed by atoms with Gasteiger partial charge >= 0.3 is 12.2 Å². The van der Waals surface area contributed by atoms with Gasteiger partial charge in [0.25, 0.3) is 0 Å². The standard InChI is InChI=1S/C45H52N8O5/c1-25(2)37(50-45(57)58-5)24-52-18-6-8-38(52)41-46-33-16-14-31(22-35(33)48-41)29-12-10-28-21-30(13-11-27(28)20-29)32-15-17-34-36(23-32)49-42(47-34)39-9-7-19-53(39)43(54)40(26(3)4)51-44(55)56/h10-17,20-23,25-26,37-40,51H,6-9,18-19,24H2,1-5H3,(H,46,48)(H,47,49)(H,50,57)(H,55,56). The van der Waals surface area contributed by atoms with Crippen molar-refractivity contribution in [2.75, 3.05) is 26.7 Å². The van der Waals surface area contributed by atoms with E-state index < -0.39 is 18.2 Å². The highest BCUT2D eigenvalue weighted by Crippen LogP contribution is 2.36. The van der Waals surface area contributed by atoms with E-state index in [2.05, 4.69) is 106 Å². The molecule has 0 radical (unpaired) electrons. The van der Waals surface area contributed by atoms with Crippen LogP contribution in [0.3, 0.4) is 0 Å². The number of carbonyl (C=O) groups is 3. The Kier molecular flexibility index (Phi) is 10.8. The van der Waals surface area contributed by atoms with Crippen LogP contribution in [-0.4, -0.2) is 91.8 Å². The Morgan fingerprint density at radius 2 is 1.28 bits per heavy atom. The molecular formula is C45H52N8O5. The lowest BCUT2D eigenvalue weighted by Crippen LogP contribution is -2.50. The molecule has 2 fully saturated rings. The summed E-state index contributed by atoms with van der Waals surface area (Å²) in [6.45, 7) is 10.2. The number of rotatable bonds is 11. The normalized spacial score (nSPS) is 18.4. The molecule has 2 saturated heterocycles. The van der Waals surface area contributed by atoms with E-state index >= 15 is 0 Å². The Balaban J connectivity index is 0.989. The number of H-pyrrole nitrogens is 2. The van der Waals surface area contributed by atoms with E-state index in [9.17, 15) is 19.5 Å². The summed E-state index contributed by atoms with van der Waals surface area (Å²) in [4.78, 5) is 58.1. The van der Waals surface area contributed by atoms with E-state index in [0.29, 0.717) is 6.54 Å².